The van der Waals surface area contributed by atoms with Crippen LogP contribution in [0, 0.1) is 5.92 Å². The van der Waals surface area contributed by atoms with Crippen molar-refractivity contribution < 1.29 is 0 Å². The zero-order chi connectivity index (χ0) is 9.73. The molecule has 1 heteroatoms. The fourth-order valence-electron chi connectivity index (χ4n) is 2.42. The SMILES string of the molecule is CNC1(CCC(C)C)CCCCC1. The van der Waals surface area contributed by atoms with E-state index in [0.717, 1.165) is 5.92 Å². The van der Waals surface area contributed by atoms with E-state index in [1.807, 2.05) is 0 Å². The van der Waals surface area contributed by atoms with Crippen LogP contribution in [-0.4, -0.2) is 12.6 Å². The third kappa shape index (κ3) is 3.30. The molecule has 0 spiro atoms. The van der Waals surface area contributed by atoms with E-state index in [4.69, 9.17) is 0 Å². The first-order valence-electron chi connectivity index (χ1n) is 5.87. The van der Waals surface area contributed by atoms with E-state index in [0.29, 0.717) is 5.54 Å². The molecule has 1 fully saturated rings. The van der Waals surface area contributed by atoms with Gasteiger partial charge >= 0.3 is 0 Å². The highest BCUT2D eigenvalue weighted by Crippen LogP contribution is 2.32. The summed E-state index contributed by atoms with van der Waals surface area (Å²) in [4.78, 5) is 0. The van der Waals surface area contributed by atoms with Crippen molar-refractivity contribution >= 4 is 0 Å². The lowest BCUT2D eigenvalue weighted by molar-refractivity contribution is 0.217. The van der Waals surface area contributed by atoms with Gasteiger partial charge in [-0.15, -0.1) is 0 Å². The largest absolute Gasteiger partial charge is 0.314 e. The maximum atomic E-state index is 3.57. The summed E-state index contributed by atoms with van der Waals surface area (Å²) in [6, 6.07) is 0. The minimum absolute atomic E-state index is 0.502. The molecular weight excluding hydrogens is 158 g/mol. The average molecular weight is 183 g/mol. The molecule has 1 saturated carbocycles. The minimum Gasteiger partial charge on any atom is -0.314 e. The van der Waals surface area contributed by atoms with Gasteiger partial charge in [0.2, 0.25) is 0 Å². The quantitative estimate of drug-likeness (QED) is 0.705. The maximum Gasteiger partial charge on any atom is 0.0178 e. The fraction of sp³-hybridized carbons (Fsp3) is 1.00. The third-order valence-corrected chi connectivity index (χ3v) is 3.54. The normalized spacial score (nSPS) is 22.2. The Morgan fingerprint density at radius 3 is 2.23 bits per heavy atom. The Morgan fingerprint density at radius 1 is 1.15 bits per heavy atom. The molecule has 0 heterocycles. The molecule has 1 aliphatic rings. The average Bonchev–Trinajstić information content (AvgIpc) is 2.16. The minimum atomic E-state index is 0.502. The van der Waals surface area contributed by atoms with Gasteiger partial charge in [0.15, 0.2) is 0 Å². The van der Waals surface area contributed by atoms with E-state index in [-0.39, 0.29) is 0 Å². The zero-order valence-corrected chi connectivity index (χ0v) is 9.53. The highest BCUT2D eigenvalue weighted by molar-refractivity contribution is 4.89. The van der Waals surface area contributed by atoms with Crippen LogP contribution in [0.25, 0.3) is 0 Å². The van der Waals surface area contributed by atoms with Crippen molar-refractivity contribution in [1.29, 1.82) is 0 Å². The van der Waals surface area contributed by atoms with Gasteiger partial charge < -0.3 is 5.32 Å². The third-order valence-electron chi connectivity index (χ3n) is 3.54. The molecule has 1 aliphatic carbocycles. The standard InChI is InChI=1S/C12H25N/c1-11(2)7-10-12(13-3)8-5-4-6-9-12/h11,13H,4-10H2,1-3H3. The highest BCUT2D eigenvalue weighted by Gasteiger charge is 2.29. The molecule has 1 nitrogen and oxygen atoms in total. The Hall–Kier alpha value is -0.0400. The smallest absolute Gasteiger partial charge is 0.0178 e. The predicted octanol–water partition coefficient (Wildman–Crippen LogP) is 3.34. The first-order valence-corrected chi connectivity index (χ1v) is 5.87. The van der Waals surface area contributed by atoms with Gasteiger partial charge in [-0.2, -0.15) is 0 Å². The van der Waals surface area contributed by atoms with Crippen molar-refractivity contribution in [3.8, 4) is 0 Å². The molecule has 78 valence electrons. The molecule has 0 bridgehead atoms. The number of hydrogen-bond acceptors (Lipinski definition) is 1. The maximum absolute atomic E-state index is 3.57. The van der Waals surface area contributed by atoms with Gasteiger partial charge in [-0.3, -0.25) is 0 Å². The first-order chi connectivity index (χ1) is 6.18. The van der Waals surface area contributed by atoms with E-state index in [1.54, 1.807) is 0 Å². The van der Waals surface area contributed by atoms with Gasteiger partial charge in [-0.05, 0) is 38.6 Å². The molecule has 0 aromatic carbocycles. The molecule has 0 saturated heterocycles. The summed E-state index contributed by atoms with van der Waals surface area (Å²) in [5.74, 6) is 0.854. The monoisotopic (exact) mass is 183 g/mol. The zero-order valence-electron chi connectivity index (χ0n) is 9.53. The van der Waals surface area contributed by atoms with Gasteiger partial charge in [0.05, 0.1) is 0 Å². The lowest BCUT2D eigenvalue weighted by Gasteiger charge is -2.37. The Morgan fingerprint density at radius 2 is 1.77 bits per heavy atom. The van der Waals surface area contributed by atoms with Crippen molar-refractivity contribution in [2.24, 2.45) is 5.92 Å². The van der Waals surface area contributed by atoms with Gasteiger partial charge in [-0.25, -0.2) is 0 Å². The number of rotatable bonds is 4. The van der Waals surface area contributed by atoms with Crippen LogP contribution in [0.4, 0.5) is 0 Å². The lowest BCUT2D eigenvalue weighted by Crippen LogP contribution is -2.44. The van der Waals surface area contributed by atoms with Crippen molar-refractivity contribution in [1.82, 2.24) is 5.32 Å². The van der Waals surface area contributed by atoms with Crippen LogP contribution in [-0.2, 0) is 0 Å². The van der Waals surface area contributed by atoms with Gasteiger partial charge in [0, 0.05) is 5.54 Å². The van der Waals surface area contributed by atoms with Crippen molar-refractivity contribution in [3.63, 3.8) is 0 Å². The van der Waals surface area contributed by atoms with E-state index in [1.165, 1.54) is 44.9 Å². The Kier molecular flexibility index (Phi) is 4.24. The molecule has 1 rings (SSSR count). The molecule has 13 heavy (non-hydrogen) atoms. The second kappa shape index (κ2) is 4.99. The van der Waals surface area contributed by atoms with Crippen LogP contribution in [0.1, 0.15) is 58.8 Å². The molecule has 0 aromatic rings. The van der Waals surface area contributed by atoms with Crippen molar-refractivity contribution in [2.45, 2.75) is 64.3 Å². The highest BCUT2D eigenvalue weighted by atomic mass is 14.9. The molecule has 0 radical (unpaired) electrons. The number of nitrogens with one attached hydrogen (secondary N) is 1. The molecule has 0 amide bonds. The van der Waals surface area contributed by atoms with Gasteiger partial charge in [0.25, 0.3) is 0 Å². The summed E-state index contributed by atoms with van der Waals surface area (Å²) in [6.07, 6.45) is 9.86. The summed E-state index contributed by atoms with van der Waals surface area (Å²) in [7, 11) is 2.14. The summed E-state index contributed by atoms with van der Waals surface area (Å²) in [6.45, 7) is 4.65. The Labute approximate surface area is 83.3 Å². The molecule has 0 atom stereocenters. The summed E-state index contributed by atoms with van der Waals surface area (Å²) in [5.41, 5.74) is 0.502. The summed E-state index contributed by atoms with van der Waals surface area (Å²) < 4.78 is 0. The van der Waals surface area contributed by atoms with E-state index in [9.17, 15) is 0 Å². The van der Waals surface area contributed by atoms with E-state index < -0.39 is 0 Å². The van der Waals surface area contributed by atoms with Crippen LogP contribution < -0.4 is 5.32 Å². The van der Waals surface area contributed by atoms with Crippen LogP contribution in [0.2, 0.25) is 0 Å². The Balaban J connectivity index is 2.38. The van der Waals surface area contributed by atoms with Crippen LogP contribution >= 0.6 is 0 Å². The van der Waals surface area contributed by atoms with Crippen LogP contribution in [0.3, 0.4) is 0 Å². The molecule has 0 unspecified atom stereocenters. The van der Waals surface area contributed by atoms with E-state index >= 15 is 0 Å². The van der Waals surface area contributed by atoms with Crippen molar-refractivity contribution in [3.05, 3.63) is 0 Å². The van der Waals surface area contributed by atoms with Crippen LogP contribution in [0.15, 0.2) is 0 Å². The lowest BCUT2D eigenvalue weighted by atomic mass is 9.77. The molecule has 1 N–H and O–H groups in total. The topological polar surface area (TPSA) is 12.0 Å². The fourth-order valence-corrected chi connectivity index (χ4v) is 2.42. The molecule has 0 aliphatic heterocycles. The van der Waals surface area contributed by atoms with Gasteiger partial charge in [-0.1, -0.05) is 33.1 Å². The second-order valence-corrected chi connectivity index (χ2v) is 5.02. The number of hydrogen-bond donors (Lipinski definition) is 1. The Bertz CT molecular complexity index is 134. The molecule has 0 aromatic heterocycles. The summed E-state index contributed by atoms with van der Waals surface area (Å²) in [5, 5.41) is 3.57. The second-order valence-electron chi connectivity index (χ2n) is 5.02. The van der Waals surface area contributed by atoms with Crippen LogP contribution in [0.5, 0.6) is 0 Å². The van der Waals surface area contributed by atoms with Crippen molar-refractivity contribution in [2.75, 3.05) is 7.05 Å². The summed E-state index contributed by atoms with van der Waals surface area (Å²) >= 11 is 0. The first kappa shape index (κ1) is 11.0. The van der Waals surface area contributed by atoms with Gasteiger partial charge in [0.1, 0.15) is 0 Å². The van der Waals surface area contributed by atoms with E-state index in [2.05, 4.69) is 26.2 Å². The molecular formula is C12H25N. The predicted molar refractivity (Wildman–Crippen MR) is 58.9 cm³/mol.